The van der Waals surface area contributed by atoms with Crippen LogP contribution in [0.1, 0.15) is 5.56 Å². The van der Waals surface area contributed by atoms with Crippen LogP contribution in [0.2, 0.25) is 0 Å². The molecule has 6 heteroatoms. The maximum absolute atomic E-state index is 12.3. The van der Waals surface area contributed by atoms with Crippen molar-refractivity contribution in [3.8, 4) is 5.75 Å². The zero-order valence-corrected chi connectivity index (χ0v) is 13.6. The van der Waals surface area contributed by atoms with Crippen LogP contribution in [-0.2, 0) is 4.79 Å². The second kappa shape index (κ2) is 9.72. The first-order chi connectivity index (χ1) is 11.6. The van der Waals surface area contributed by atoms with Crippen LogP contribution in [0.3, 0.4) is 0 Å². The molecule has 0 heterocycles. The SMILES string of the molecule is O=C(CSCC=Cc1ccccc1)Nc1ccccc1OC(F)F. The Balaban J connectivity index is 1.77. The van der Waals surface area contributed by atoms with E-state index in [0.29, 0.717) is 5.75 Å². The fraction of sp³-hybridized carbons (Fsp3) is 0.167. The summed E-state index contributed by atoms with van der Waals surface area (Å²) in [6.45, 7) is -2.93. The van der Waals surface area contributed by atoms with Crippen LogP contribution in [0.5, 0.6) is 5.75 Å². The van der Waals surface area contributed by atoms with Gasteiger partial charge in [0.05, 0.1) is 11.4 Å². The van der Waals surface area contributed by atoms with E-state index in [-0.39, 0.29) is 23.1 Å². The first-order valence-electron chi connectivity index (χ1n) is 7.28. The number of ether oxygens (including phenoxy) is 1. The molecule has 0 unspecified atom stereocenters. The molecular weight excluding hydrogens is 332 g/mol. The van der Waals surface area contributed by atoms with E-state index in [1.807, 2.05) is 42.5 Å². The summed E-state index contributed by atoms with van der Waals surface area (Å²) in [7, 11) is 0. The number of carbonyl (C=O) groups is 1. The van der Waals surface area contributed by atoms with Gasteiger partial charge in [-0.05, 0) is 17.7 Å². The van der Waals surface area contributed by atoms with E-state index in [2.05, 4.69) is 10.1 Å². The zero-order chi connectivity index (χ0) is 17.2. The molecule has 0 radical (unpaired) electrons. The first kappa shape index (κ1) is 18.0. The summed E-state index contributed by atoms with van der Waals surface area (Å²) in [6, 6.07) is 16.0. The number of amides is 1. The van der Waals surface area contributed by atoms with Crippen LogP contribution in [0.15, 0.2) is 60.7 Å². The quantitative estimate of drug-likeness (QED) is 0.704. The van der Waals surface area contributed by atoms with Crippen LogP contribution < -0.4 is 10.1 Å². The molecule has 0 spiro atoms. The lowest BCUT2D eigenvalue weighted by molar-refractivity contribution is -0.113. The summed E-state index contributed by atoms with van der Waals surface area (Å²) in [5.41, 5.74) is 1.34. The molecule has 1 N–H and O–H groups in total. The Labute approximate surface area is 143 Å². The molecule has 24 heavy (non-hydrogen) atoms. The minimum absolute atomic E-state index is 0.0465. The van der Waals surface area contributed by atoms with Gasteiger partial charge in [0.2, 0.25) is 5.91 Å². The lowest BCUT2D eigenvalue weighted by Gasteiger charge is -2.11. The second-order valence-electron chi connectivity index (χ2n) is 4.75. The average Bonchev–Trinajstić information content (AvgIpc) is 2.57. The smallest absolute Gasteiger partial charge is 0.387 e. The van der Waals surface area contributed by atoms with Crippen molar-refractivity contribution < 1.29 is 18.3 Å². The van der Waals surface area contributed by atoms with Crippen LogP contribution in [0.4, 0.5) is 14.5 Å². The molecule has 3 nitrogen and oxygen atoms in total. The number of para-hydroxylation sites is 2. The fourth-order valence-electron chi connectivity index (χ4n) is 1.92. The number of hydrogen-bond donors (Lipinski definition) is 1. The van der Waals surface area contributed by atoms with E-state index in [4.69, 9.17) is 0 Å². The zero-order valence-electron chi connectivity index (χ0n) is 12.8. The molecule has 2 rings (SSSR count). The Hall–Kier alpha value is -2.34. The van der Waals surface area contributed by atoms with Crippen LogP contribution in [-0.4, -0.2) is 24.0 Å². The van der Waals surface area contributed by atoms with Crippen LogP contribution in [0.25, 0.3) is 6.08 Å². The third-order valence-electron chi connectivity index (χ3n) is 2.93. The predicted molar refractivity (Wildman–Crippen MR) is 94.5 cm³/mol. The number of alkyl halides is 2. The van der Waals surface area contributed by atoms with E-state index >= 15 is 0 Å². The molecule has 0 atom stereocenters. The molecule has 2 aromatic rings. The van der Waals surface area contributed by atoms with E-state index in [1.54, 1.807) is 12.1 Å². The summed E-state index contributed by atoms with van der Waals surface area (Å²) < 4.78 is 29.0. The summed E-state index contributed by atoms with van der Waals surface area (Å²) in [6.07, 6.45) is 3.96. The highest BCUT2D eigenvalue weighted by Gasteiger charge is 2.11. The molecule has 0 aliphatic carbocycles. The fourth-order valence-corrected chi connectivity index (χ4v) is 2.53. The third-order valence-corrected chi connectivity index (χ3v) is 3.83. The van der Waals surface area contributed by atoms with Crippen molar-refractivity contribution in [2.45, 2.75) is 6.61 Å². The number of nitrogens with one attached hydrogen (secondary N) is 1. The molecule has 0 aliphatic heterocycles. The Morgan fingerprint density at radius 1 is 1.12 bits per heavy atom. The first-order valence-corrected chi connectivity index (χ1v) is 8.43. The van der Waals surface area contributed by atoms with Crippen LogP contribution in [0, 0.1) is 0 Å². The van der Waals surface area contributed by atoms with E-state index in [1.165, 1.54) is 23.9 Å². The van der Waals surface area contributed by atoms with E-state index < -0.39 is 6.61 Å². The second-order valence-corrected chi connectivity index (χ2v) is 5.78. The number of thioether (sulfide) groups is 1. The van der Waals surface area contributed by atoms with Gasteiger partial charge in [0.1, 0.15) is 5.75 Å². The van der Waals surface area contributed by atoms with Crippen LogP contribution >= 0.6 is 11.8 Å². The number of benzene rings is 2. The number of hydrogen-bond acceptors (Lipinski definition) is 3. The number of rotatable bonds is 8. The van der Waals surface area contributed by atoms with Gasteiger partial charge in [-0.2, -0.15) is 8.78 Å². The molecular formula is C18H17F2NO2S. The monoisotopic (exact) mass is 349 g/mol. The molecule has 126 valence electrons. The molecule has 0 aliphatic rings. The molecule has 0 bridgehead atoms. The number of halogens is 2. The molecule has 1 amide bonds. The minimum atomic E-state index is -2.93. The van der Waals surface area contributed by atoms with Gasteiger partial charge in [-0.1, -0.05) is 54.6 Å². The largest absolute Gasteiger partial charge is 0.433 e. The van der Waals surface area contributed by atoms with Crippen molar-refractivity contribution in [3.05, 3.63) is 66.2 Å². The Morgan fingerprint density at radius 2 is 1.83 bits per heavy atom. The molecule has 0 saturated heterocycles. The Bertz CT molecular complexity index is 678. The topological polar surface area (TPSA) is 38.3 Å². The molecule has 2 aromatic carbocycles. The average molecular weight is 349 g/mol. The van der Waals surface area contributed by atoms with Crippen molar-refractivity contribution in [3.63, 3.8) is 0 Å². The van der Waals surface area contributed by atoms with Crippen molar-refractivity contribution in [1.29, 1.82) is 0 Å². The predicted octanol–water partition coefficient (Wildman–Crippen LogP) is 4.67. The Morgan fingerprint density at radius 3 is 2.58 bits per heavy atom. The molecule has 0 aromatic heterocycles. The van der Waals surface area contributed by atoms with Gasteiger partial charge in [-0.15, -0.1) is 11.8 Å². The van der Waals surface area contributed by atoms with Gasteiger partial charge in [0.25, 0.3) is 0 Å². The van der Waals surface area contributed by atoms with Crippen molar-refractivity contribution in [2.24, 2.45) is 0 Å². The maximum Gasteiger partial charge on any atom is 0.387 e. The van der Waals surface area contributed by atoms with Crippen molar-refractivity contribution in [1.82, 2.24) is 0 Å². The normalized spacial score (nSPS) is 11.0. The highest BCUT2D eigenvalue weighted by molar-refractivity contribution is 8.00. The lowest BCUT2D eigenvalue weighted by atomic mass is 10.2. The third kappa shape index (κ3) is 6.42. The number of carbonyl (C=O) groups excluding carboxylic acids is 1. The summed E-state index contributed by atoms with van der Waals surface area (Å²) >= 11 is 1.43. The van der Waals surface area contributed by atoms with Gasteiger partial charge in [0.15, 0.2) is 0 Å². The standard InChI is InChI=1S/C18H17F2NO2S/c19-18(20)23-16-11-5-4-10-15(16)21-17(22)13-24-12-6-9-14-7-2-1-3-8-14/h1-11,18H,12-13H2,(H,21,22). The minimum Gasteiger partial charge on any atom is -0.433 e. The van der Waals surface area contributed by atoms with Crippen molar-refractivity contribution >= 4 is 29.4 Å². The van der Waals surface area contributed by atoms with Gasteiger partial charge < -0.3 is 10.1 Å². The Kier molecular flexibility index (Phi) is 7.29. The van der Waals surface area contributed by atoms with Gasteiger partial charge in [0, 0.05) is 5.75 Å². The maximum atomic E-state index is 12.3. The molecule has 0 fully saturated rings. The van der Waals surface area contributed by atoms with E-state index in [0.717, 1.165) is 5.56 Å². The summed E-state index contributed by atoms with van der Waals surface area (Å²) in [5.74, 6) is 0.591. The van der Waals surface area contributed by atoms with Gasteiger partial charge >= 0.3 is 6.61 Å². The van der Waals surface area contributed by atoms with E-state index in [9.17, 15) is 13.6 Å². The number of anilines is 1. The highest BCUT2D eigenvalue weighted by atomic mass is 32.2. The summed E-state index contributed by atoms with van der Waals surface area (Å²) in [5, 5.41) is 2.58. The summed E-state index contributed by atoms with van der Waals surface area (Å²) in [4.78, 5) is 11.9. The lowest BCUT2D eigenvalue weighted by Crippen LogP contribution is -2.15. The van der Waals surface area contributed by atoms with Crippen molar-refractivity contribution in [2.75, 3.05) is 16.8 Å². The highest BCUT2D eigenvalue weighted by Crippen LogP contribution is 2.25. The molecule has 0 saturated carbocycles. The van der Waals surface area contributed by atoms with Gasteiger partial charge in [-0.3, -0.25) is 4.79 Å². The van der Waals surface area contributed by atoms with Gasteiger partial charge in [-0.25, -0.2) is 0 Å².